The van der Waals surface area contributed by atoms with Crippen molar-refractivity contribution in [2.45, 2.75) is 9.10 Å². The van der Waals surface area contributed by atoms with Crippen molar-refractivity contribution in [2.75, 3.05) is 12.8 Å². The molecule has 88 valence electrons. The van der Waals surface area contributed by atoms with Crippen molar-refractivity contribution < 1.29 is 9.53 Å². The number of nitrogens with two attached hydrogens (primary N) is 1. The topological polar surface area (TPSA) is 52.3 Å². The predicted octanol–water partition coefficient (Wildman–Crippen LogP) is 3.27. The van der Waals surface area contributed by atoms with Gasteiger partial charge in [0.2, 0.25) is 0 Å². The van der Waals surface area contributed by atoms with Crippen LogP contribution in [-0.4, -0.2) is 13.1 Å². The molecule has 2 N–H and O–H groups in total. The Balaban J connectivity index is 2.21. The molecule has 0 unspecified atom stereocenters. The molecule has 0 saturated heterocycles. The van der Waals surface area contributed by atoms with Gasteiger partial charge in [-0.2, -0.15) is 0 Å². The average molecular weight is 265 g/mol. The lowest BCUT2D eigenvalue weighted by Crippen LogP contribution is -2.01. The molecule has 2 rings (SSSR count). The molecule has 0 atom stereocenters. The van der Waals surface area contributed by atoms with Gasteiger partial charge in [0.25, 0.3) is 0 Å². The van der Waals surface area contributed by atoms with E-state index in [1.807, 2.05) is 30.3 Å². The van der Waals surface area contributed by atoms with Crippen molar-refractivity contribution in [3.05, 3.63) is 42.0 Å². The molecule has 3 nitrogen and oxygen atoms in total. The summed E-state index contributed by atoms with van der Waals surface area (Å²) in [7, 11) is 1.35. The second-order valence-electron chi connectivity index (χ2n) is 3.25. The van der Waals surface area contributed by atoms with Crippen LogP contribution in [0.3, 0.4) is 0 Å². The monoisotopic (exact) mass is 265 g/mol. The molecule has 1 aromatic heterocycles. The number of methoxy groups -OCH3 is 1. The van der Waals surface area contributed by atoms with Gasteiger partial charge in [-0.05, 0) is 18.2 Å². The molecule has 1 aromatic carbocycles. The van der Waals surface area contributed by atoms with Gasteiger partial charge in [0.15, 0.2) is 0 Å². The van der Waals surface area contributed by atoms with Gasteiger partial charge >= 0.3 is 5.97 Å². The van der Waals surface area contributed by atoms with Crippen LogP contribution >= 0.6 is 23.1 Å². The van der Waals surface area contributed by atoms with Crippen LogP contribution in [0, 0.1) is 0 Å². The van der Waals surface area contributed by atoms with Crippen molar-refractivity contribution >= 4 is 34.1 Å². The summed E-state index contributed by atoms with van der Waals surface area (Å²) in [6, 6.07) is 11.7. The summed E-state index contributed by atoms with van der Waals surface area (Å²) < 4.78 is 5.64. The van der Waals surface area contributed by atoms with Gasteiger partial charge in [-0.3, -0.25) is 0 Å². The lowest BCUT2D eigenvalue weighted by atomic mass is 10.3. The Bertz CT molecular complexity index is 523. The summed E-state index contributed by atoms with van der Waals surface area (Å²) in [4.78, 5) is 12.5. The van der Waals surface area contributed by atoms with Crippen LogP contribution in [0.2, 0.25) is 0 Å². The molecule has 0 aliphatic heterocycles. The van der Waals surface area contributed by atoms with Crippen LogP contribution in [-0.2, 0) is 4.74 Å². The first-order valence-electron chi connectivity index (χ1n) is 4.91. The number of carbonyl (C=O) groups is 1. The van der Waals surface area contributed by atoms with Crippen LogP contribution in [0.4, 0.5) is 5.00 Å². The molecule has 0 amide bonds. The maximum atomic E-state index is 11.4. The summed E-state index contributed by atoms with van der Waals surface area (Å²) in [5.41, 5.74) is 6.22. The Morgan fingerprint density at radius 1 is 1.35 bits per heavy atom. The number of esters is 1. The molecule has 17 heavy (non-hydrogen) atoms. The number of thiophene rings is 1. The molecule has 0 fully saturated rings. The van der Waals surface area contributed by atoms with Gasteiger partial charge < -0.3 is 10.5 Å². The van der Waals surface area contributed by atoms with Crippen molar-refractivity contribution in [2.24, 2.45) is 0 Å². The maximum absolute atomic E-state index is 11.4. The number of rotatable bonds is 3. The Kier molecular flexibility index (Phi) is 3.71. The minimum absolute atomic E-state index is 0.390. The normalized spacial score (nSPS) is 10.2. The number of hydrogen-bond acceptors (Lipinski definition) is 5. The van der Waals surface area contributed by atoms with Crippen LogP contribution in [0.15, 0.2) is 45.5 Å². The molecular formula is C12H11NO2S2. The molecule has 0 spiro atoms. The Morgan fingerprint density at radius 2 is 2.06 bits per heavy atom. The lowest BCUT2D eigenvalue weighted by Gasteiger charge is -1.96. The fourth-order valence-corrected chi connectivity index (χ4v) is 3.38. The molecule has 1 heterocycles. The molecule has 0 saturated carbocycles. The quantitative estimate of drug-likeness (QED) is 0.865. The zero-order valence-corrected chi connectivity index (χ0v) is 10.8. The maximum Gasteiger partial charge on any atom is 0.340 e. The van der Waals surface area contributed by atoms with Crippen molar-refractivity contribution in [3.63, 3.8) is 0 Å². The number of carbonyl (C=O) groups excluding carboxylic acids is 1. The predicted molar refractivity (Wildman–Crippen MR) is 70.6 cm³/mol. The van der Waals surface area contributed by atoms with E-state index >= 15 is 0 Å². The Morgan fingerprint density at radius 3 is 2.71 bits per heavy atom. The second kappa shape index (κ2) is 5.25. The van der Waals surface area contributed by atoms with E-state index < -0.39 is 5.97 Å². The first-order valence-corrected chi connectivity index (χ1v) is 6.54. The van der Waals surface area contributed by atoms with E-state index in [1.165, 1.54) is 18.4 Å². The standard InChI is InChI=1S/C12H11NO2S2/c1-15-12(14)9-7-10(17-11(9)13)16-8-5-3-2-4-6-8/h2-7H,13H2,1H3. The zero-order chi connectivity index (χ0) is 12.3. The SMILES string of the molecule is COC(=O)c1cc(Sc2ccccc2)sc1N. The third-order valence-electron chi connectivity index (χ3n) is 2.11. The van der Waals surface area contributed by atoms with Gasteiger partial charge in [0.1, 0.15) is 5.00 Å². The molecule has 0 radical (unpaired) electrons. The van der Waals surface area contributed by atoms with E-state index in [0.717, 1.165) is 9.10 Å². The fourth-order valence-electron chi connectivity index (χ4n) is 1.31. The second-order valence-corrected chi connectivity index (χ2v) is 5.71. The van der Waals surface area contributed by atoms with E-state index in [2.05, 4.69) is 4.74 Å². The van der Waals surface area contributed by atoms with Crippen LogP contribution in [0.1, 0.15) is 10.4 Å². The molecule has 0 aliphatic rings. The van der Waals surface area contributed by atoms with Gasteiger partial charge in [-0.25, -0.2) is 4.79 Å². The Labute approximate surface area is 108 Å². The molecule has 5 heteroatoms. The van der Waals surface area contributed by atoms with E-state index in [9.17, 15) is 4.79 Å². The van der Waals surface area contributed by atoms with Crippen LogP contribution in [0.25, 0.3) is 0 Å². The van der Waals surface area contributed by atoms with Gasteiger partial charge in [0, 0.05) is 4.90 Å². The van der Waals surface area contributed by atoms with Crippen LogP contribution in [0.5, 0.6) is 0 Å². The van der Waals surface area contributed by atoms with Crippen molar-refractivity contribution in [1.29, 1.82) is 0 Å². The molecule has 0 aliphatic carbocycles. The van der Waals surface area contributed by atoms with Gasteiger partial charge in [-0.1, -0.05) is 30.0 Å². The van der Waals surface area contributed by atoms with Gasteiger partial charge in [0.05, 0.1) is 16.9 Å². The van der Waals surface area contributed by atoms with Crippen molar-refractivity contribution in [1.82, 2.24) is 0 Å². The zero-order valence-electron chi connectivity index (χ0n) is 9.17. The summed E-state index contributed by atoms with van der Waals surface area (Å²) >= 11 is 2.97. The molecule has 0 bridgehead atoms. The summed E-state index contributed by atoms with van der Waals surface area (Å²) in [5.74, 6) is -0.390. The van der Waals surface area contributed by atoms with Crippen LogP contribution < -0.4 is 5.73 Å². The average Bonchev–Trinajstić information content (AvgIpc) is 2.70. The highest BCUT2D eigenvalue weighted by Gasteiger charge is 2.14. The van der Waals surface area contributed by atoms with E-state index in [0.29, 0.717) is 10.6 Å². The van der Waals surface area contributed by atoms with E-state index in [-0.39, 0.29) is 0 Å². The third-order valence-corrected chi connectivity index (χ3v) is 4.19. The number of benzene rings is 1. The first-order chi connectivity index (χ1) is 8.20. The summed E-state index contributed by atoms with van der Waals surface area (Å²) in [6.45, 7) is 0. The highest BCUT2D eigenvalue weighted by molar-refractivity contribution is 8.01. The molecule has 2 aromatic rings. The fraction of sp³-hybridized carbons (Fsp3) is 0.0833. The minimum atomic E-state index is -0.390. The first kappa shape index (κ1) is 12.0. The lowest BCUT2D eigenvalue weighted by molar-refractivity contribution is 0.0602. The summed E-state index contributed by atoms with van der Waals surface area (Å²) in [6.07, 6.45) is 0. The van der Waals surface area contributed by atoms with E-state index in [1.54, 1.807) is 17.8 Å². The number of hydrogen-bond donors (Lipinski definition) is 1. The summed E-state index contributed by atoms with van der Waals surface area (Å²) in [5, 5.41) is 0.496. The van der Waals surface area contributed by atoms with Gasteiger partial charge in [-0.15, -0.1) is 11.3 Å². The van der Waals surface area contributed by atoms with E-state index in [4.69, 9.17) is 5.73 Å². The molecular weight excluding hydrogens is 254 g/mol. The minimum Gasteiger partial charge on any atom is -0.465 e. The highest BCUT2D eigenvalue weighted by atomic mass is 32.2. The largest absolute Gasteiger partial charge is 0.465 e. The number of ether oxygens (including phenoxy) is 1. The highest BCUT2D eigenvalue weighted by Crippen LogP contribution is 2.37. The number of anilines is 1. The third kappa shape index (κ3) is 2.81. The van der Waals surface area contributed by atoms with Crippen molar-refractivity contribution in [3.8, 4) is 0 Å². The smallest absolute Gasteiger partial charge is 0.340 e. The number of nitrogen functional groups attached to an aromatic ring is 1. The Hall–Kier alpha value is -1.46.